The summed E-state index contributed by atoms with van der Waals surface area (Å²) in [6, 6.07) is 8.65. The number of allylic oxidation sites excluding steroid dienone is 2. The topological polar surface area (TPSA) is 43.4 Å². The summed E-state index contributed by atoms with van der Waals surface area (Å²) in [5, 5.41) is 0. The SMILES string of the molecule is C=CC1CCC=C1C(=O)COC(=O)c1ccccc1. The van der Waals surface area contributed by atoms with Gasteiger partial charge in [-0.15, -0.1) is 6.58 Å². The Morgan fingerprint density at radius 3 is 2.74 bits per heavy atom. The zero-order valence-corrected chi connectivity index (χ0v) is 10.7. The van der Waals surface area contributed by atoms with Crippen molar-refractivity contribution in [2.75, 3.05) is 6.61 Å². The number of ketones is 1. The summed E-state index contributed by atoms with van der Waals surface area (Å²) in [6.07, 6.45) is 5.47. The van der Waals surface area contributed by atoms with Crippen molar-refractivity contribution in [3.63, 3.8) is 0 Å². The molecule has 1 aromatic rings. The highest BCUT2D eigenvalue weighted by molar-refractivity contribution is 5.99. The van der Waals surface area contributed by atoms with E-state index >= 15 is 0 Å². The number of carbonyl (C=O) groups is 2. The lowest BCUT2D eigenvalue weighted by Gasteiger charge is -2.09. The number of hydrogen-bond donors (Lipinski definition) is 0. The second-order valence-electron chi connectivity index (χ2n) is 4.44. The molecule has 0 fully saturated rings. The van der Waals surface area contributed by atoms with Crippen LogP contribution in [0.15, 0.2) is 54.6 Å². The molecule has 98 valence electrons. The number of hydrogen-bond acceptors (Lipinski definition) is 3. The van der Waals surface area contributed by atoms with Crippen molar-refractivity contribution in [2.45, 2.75) is 12.8 Å². The monoisotopic (exact) mass is 256 g/mol. The van der Waals surface area contributed by atoms with E-state index in [0.717, 1.165) is 18.4 Å². The minimum Gasteiger partial charge on any atom is -0.454 e. The largest absolute Gasteiger partial charge is 0.454 e. The number of rotatable bonds is 5. The van der Waals surface area contributed by atoms with Gasteiger partial charge in [-0.1, -0.05) is 30.4 Å². The standard InChI is InChI=1S/C16H16O3/c1-2-12-9-6-10-14(12)15(17)11-19-16(18)13-7-4-3-5-8-13/h2-5,7-8,10,12H,1,6,9,11H2. The van der Waals surface area contributed by atoms with E-state index < -0.39 is 5.97 Å². The molecule has 1 atom stereocenters. The molecule has 1 aromatic carbocycles. The second-order valence-corrected chi connectivity index (χ2v) is 4.44. The second kappa shape index (κ2) is 6.14. The van der Waals surface area contributed by atoms with Crippen LogP contribution in [0.2, 0.25) is 0 Å². The maximum Gasteiger partial charge on any atom is 0.338 e. The van der Waals surface area contributed by atoms with Gasteiger partial charge in [0, 0.05) is 11.5 Å². The van der Waals surface area contributed by atoms with E-state index in [2.05, 4.69) is 6.58 Å². The summed E-state index contributed by atoms with van der Waals surface area (Å²) < 4.78 is 5.03. The first-order valence-electron chi connectivity index (χ1n) is 6.30. The third kappa shape index (κ3) is 3.19. The molecule has 0 saturated carbocycles. The van der Waals surface area contributed by atoms with Gasteiger partial charge < -0.3 is 4.74 Å². The third-order valence-corrected chi connectivity index (χ3v) is 3.19. The van der Waals surface area contributed by atoms with Crippen molar-refractivity contribution in [1.29, 1.82) is 0 Å². The van der Waals surface area contributed by atoms with Crippen LogP contribution in [0.1, 0.15) is 23.2 Å². The lowest BCUT2D eigenvalue weighted by atomic mass is 9.99. The molecule has 0 aromatic heterocycles. The van der Waals surface area contributed by atoms with E-state index in [4.69, 9.17) is 4.74 Å². The molecule has 0 aliphatic heterocycles. The molecule has 0 N–H and O–H groups in total. The molecule has 1 unspecified atom stereocenters. The average Bonchev–Trinajstić information content (AvgIpc) is 2.93. The van der Waals surface area contributed by atoms with Crippen LogP contribution in [0.4, 0.5) is 0 Å². The fourth-order valence-electron chi connectivity index (χ4n) is 2.16. The van der Waals surface area contributed by atoms with Gasteiger partial charge in [0.05, 0.1) is 5.56 Å². The summed E-state index contributed by atoms with van der Waals surface area (Å²) >= 11 is 0. The van der Waals surface area contributed by atoms with Crippen LogP contribution >= 0.6 is 0 Å². The molecule has 0 bridgehead atoms. The van der Waals surface area contributed by atoms with Crippen molar-refractivity contribution in [2.24, 2.45) is 5.92 Å². The minimum absolute atomic E-state index is 0.0999. The van der Waals surface area contributed by atoms with Gasteiger partial charge >= 0.3 is 5.97 Å². The van der Waals surface area contributed by atoms with E-state index in [0.29, 0.717) is 5.56 Å². The molecule has 2 rings (SSSR count). The van der Waals surface area contributed by atoms with Gasteiger partial charge in [-0.05, 0) is 25.0 Å². The predicted molar refractivity (Wildman–Crippen MR) is 72.7 cm³/mol. The lowest BCUT2D eigenvalue weighted by Crippen LogP contribution is -2.17. The Kier molecular flexibility index (Phi) is 4.29. The summed E-state index contributed by atoms with van der Waals surface area (Å²) in [4.78, 5) is 23.7. The Bertz CT molecular complexity index is 514. The van der Waals surface area contributed by atoms with Gasteiger partial charge in [0.15, 0.2) is 12.4 Å². The van der Waals surface area contributed by atoms with Crippen molar-refractivity contribution >= 4 is 11.8 Å². The molecular formula is C16H16O3. The zero-order chi connectivity index (χ0) is 13.7. The number of ether oxygens (including phenoxy) is 1. The lowest BCUT2D eigenvalue weighted by molar-refractivity contribution is -0.118. The Morgan fingerprint density at radius 2 is 2.05 bits per heavy atom. The number of carbonyl (C=O) groups excluding carboxylic acids is 2. The molecule has 1 aliphatic rings. The smallest absolute Gasteiger partial charge is 0.338 e. The van der Waals surface area contributed by atoms with Crippen molar-refractivity contribution in [1.82, 2.24) is 0 Å². The first-order chi connectivity index (χ1) is 9.22. The van der Waals surface area contributed by atoms with Gasteiger partial charge in [-0.25, -0.2) is 4.79 Å². The summed E-state index contributed by atoms with van der Waals surface area (Å²) in [6.45, 7) is 3.51. The van der Waals surface area contributed by atoms with Gasteiger partial charge in [0.2, 0.25) is 0 Å². The fourth-order valence-corrected chi connectivity index (χ4v) is 2.16. The van der Waals surface area contributed by atoms with E-state index in [1.54, 1.807) is 30.3 Å². The van der Waals surface area contributed by atoms with Gasteiger partial charge in [-0.2, -0.15) is 0 Å². The molecule has 0 radical (unpaired) electrons. The van der Waals surface area contributed by atoms with Crippen LogP contribution in [0.3, 0.4) is 0 Å². The Morgan fingerprint density at radius 1 is 1.32 bits per heavy atom. The van der Waals surface area contributed by atoms with Crippen molar-refractivity contribution in [3.8, 4) is 0 Å². The van der Waals surface area contributed by atoms with Crippen LogP contribution in [0, 0.1) is 5.92 Å². The highest BCUT2D eigenvalue weighted by atomic mass is 16.5. The van der Waals surface area contributed by atoms with Crippen LogP contribution in [0.25, 0.3) is 0 Å². The quantitative estimate of drug-likeness (QED) is 0.601. The van der Waals surface area contributed by atoms with Crippen molar-refractivity contribution < 1.29 is 14.3 Å². The molecular weight excluding hydrogens is 240 g/mol. The molecule has 3 heteroatoms. The van der Waals surface area contributed by atoms with Crippen LogP contribution in [-0.2, 0) is 9.53 Å². The molecule has 0 saturated heterocycles. The summed E-state index contributed by atoms with van der Waals surface area (Å²) in [5.74, 6) is -0.502. The van der Waals surface area contributed by atoms with E-state index in [1.807, 2.05) is 12.1 Å². The van der Waals surface area contributed by atoms with Crippen LogP contribution < -0.4 is 0 Å². The first kappa shape index (κ1) is 13.3. The zero-order valence-electron chi connectivity index (χ0n) is 10.7. The molecule has 3 nitrogen and oxygen atoms in total. The molecule has 19 heavy (non-hydrogen) atoms. The van der Waals surface area contributed by atoms with E-state index in [1.165, 1.54) is 0 Å². The number of Topliss-reactive ketones (excluding diaryl/α,β-unsaturated/α-hetero) is 1. The highest BCUT2D eigenvalue weighted by Crippen LogP contribution is 2.27. The van der Waals surface area contributed by atoms with Gasteiger partial charge in [0.25, 0.3) is 0 Å². The Balaban J connectivity index is 1.91. The van der Waals surface area contributed by atoms with Gasteiger partial charge in [0.1, 0.15) is 0 Å². The first-order valence-corrected chi connectivity index (χ1v) is 6.30. The maximum atomic E-state index is 12.0. The molecule has 0 spiro atoms. The fraction of sp³-hybridized carbons (Fsp3) is 0.250. The van der Waals surface area contributed by atoms with E-state index in [9.17, 15) is 9.59 Å². The average molecular weight is 256 g/mol. The summed E-state index contributed by atoms with van der Waals surface area (Å²) in [7, 11) is 0. The summed E-state index contributed by atoms with van der Waals surface area (Å²) in [5.41, 5.74) is 1.17. The van der Waals surface area contributed by atoms with E-state index in [-0.39, 0.29) is 18.3 Å². The van der Waals surface area contributed by atoms with Crippen LogP contribution in [0.5, 0.6) is 0 Å². The molecule has 0 heterocycles. The third-order valence-electron chi connectivity index (χ3n) is 3.19. The maximum absolute atomic E-state index is 12.0. The van der Waals surface area contributed by atoms with Gasteiger partial charge in [-0.3, -0.25) is 4.79 Å². The normalized spacial score (nSPS) is 17.7. The number of benzene rings is 1. The minimum atomic E-state index is -0.470. The number of esters is 1. The highest BCUT2D eigenvalue weighted by Gasteiger charge is 2.23. The Labute approximate surface area is 112 Å². The Hall–Kier alpha value is -2.16. The molecule has 1 aliphatic carbocycles. The van der Waals surface area contributed by atoms with Crippen molar-refractivity contribution in [3.05, 3.63) is 60.2 Å². The molecule has 0 amide bonds. The van der Waals surface area contributed by atoms with Crippen LogP contribution in [-0.4, -0.2) is 18.4 Å². The predicted octanol–water partition coefficient (Wildman–Crippen LogP) is 2.93.